The molecular formula is C48H28N4S. The first kappa shape index (κ1) is 28.8. The highest BCUT2D eigenvalue weighted by Crippen LogP contribution is 2.55. The Morgan fingerprint density at radius 3 is 2.08 bits per heavy atom. The molecule has 1 aliphatic heterocycles. The first-order valence-electron chi connectivity index (χ1n) is 17.9. The van der Waals surface area contributed by atoms with Gasteiger partial charge in [0.1, 0.15) is 0 Å². The van der Waals surface area contributed by atoms with Crippen molar-refractivity contribution in [3.63, 3.8) is 0 Å². The van der Waals surface area contributed by atoms with E-state index in [-0.39, 0.29) is 0 Å². The Kier molecular flexibility index (Phi) is 5.90. The minimum Gasteiger partial charge on any atom is -0.305 e. The lowest BCUT2D eigenvalue weighted by atomic mass is 10.0. The quantitative estimate of drug-likeness (QED) is 0.185. The maximum absolute atomic E-state index is 5.25. The van der Waals surface area contributed by atoms with E-state index in [0.29, 0.717) is 0 Å². The molecule has 5 heteroatoms. The molecule has 4 heterocycles. The summed E-state index contributed by atoms with van der Waals surface area (Å²) in [7, 11) is 0. The number of para-hydroxylation sites is 3. The van der Waals surface area contributed by atoms with Gasteiger partial charge < -0.3 is 9.47 Å². The number of nitrogens with zero attached hydrogens (tertiary/aromatic N) is 4. The summed E-state index contributed by atoms with van der Waals surface area (Å²) < 4.78 is 5.09. The lowest BCUT2D eigenvalue weighted by molar-refractivity contribution is 1.12. The molecular weight excluding hydrogens is 665 g/mol. The van der Waals surface area contributed by atoms with Gasteiger partial charge in [0, 0.05) is 48.4 Å². The SMILES string of the molecule is c1ccc(-c2nc(-c3cccc(N4c5ccccc5-n5c6cc7ccccc7cc6c6cc7c(sc8ccccc87)c4c65)c3)c3ccccc3n2)cc1. The van der Waals surface area contributed by atoms with Crippen LogP contribution in [0.15, 0.2) is 170 Å². The monoisotopic (exact) mass is 692 g/mol. The standard InChI is InChI=1S/C48H28N4S/c1-2-13-29(14-3-1)48-49-39-21-8-6-20-35(39)44(50-48)32-17-12-18-33(25-32)51-40-22-9-10-23-41(40)52-42-27-31-16-5-4-15-30(31)26-36(42)37-28-38-34-19-7-11-24-43(34)53-47(38)46(51)45(37)52/h1-28H. The van der Waals surface area contributed by atoms with E-state index in [2.05, 4.69) is 155 Å². The predicted molar refractivity (Wildman–Crippen MR) is 223 cm³/mol. The molecule has 8 aromatic carbocycles. The van der Waals surface area contributed by atoms with Crippen molar-refractivity contribution in [2.45, 2.75) is 0 Å². The van der Waals surface area contributed by atoms with Gasteiger partial charge in [-0.1, -0.05) is 115 Å². The molecule has 12 rings (SSSR count). The third-order valence-corrected chi connectivity index (χ3v) is 12.0. The van der Waals surface area contributed by atoms with Gasteiger partial charge in [0.15, 0.2) is 5.82 Å². The summed E-state index contributed by atoms with van der Waals surface area (Å²) in [5, 5.41) is 8.64. The first-order chi connectivity index (χ1) is 26.3. The molecule has 0 fully saturated rings. The van der Waals surface area contributed by atoms with E-state index in [1.807, 2.05) is 35.6 Å². The highest BCUT2D eigenvalue weighted by molar-refractivity contribution is 7.26. The van der Waals surface area contributed by atoms with Crippen LogP contribution in [0.5, 0.6) is 0 Å². The summed E-state index contributed by atoms with van der Waals surface area (Å²) in [5.74, 6) is 0.724. The first-order valence-corrected chi connectivity index (χ1v) is 18.7. The highest BCUT2D eigenvalue weighted by Gasteiger charge is 2.32. The number of rotatable bonds is 3. The largest absolute Gasteiger partial charge is 0.305 e. The van der Waals surface area contributed by atoms with E-state index >= 15 is 0 Å². The lowest BCUT2D eigenvalue weighted by Gasteiger charge is -2.33. The number of anilines is 3. The van der Waals surface area contributed by atoms with Crippen LogP contribution in [0, 0.1) is 0 Å². The Hall–Kier alpha value is -6.82. The average Bonchev–Trinajstić information content (AvgIpc) is 3.76. The molecule has 0 spiro atoms. The summed E-state index contributed by atoms with van der Waals surface area (Å²) in [5.41, 5.74) is 11.0. The molecule has 0 bridgehead atoms. The van der Waals surface area contributed by atoms with Crippen LogP contribution in [-0.4, -0.2) is 14.5 Å². The van der Waals surface area contributed by atoms with Gasteiger partial charge in [0.25, 0.3) is 0 Å². The molecule has 0 unspecified atom stereocenters. The van der Waals surface area contributed by atoms with Crippen molar-refractivity contribution in [2.24, 2.45) is 0 Å². The molecule has 0 aliphatic carbocycles. The fraction of sp³-hybridized carbons (Fsp3) is 0. The second-order valence-corrected chi connectivity index (χ2v) is 14.9. The van der Waals surface area contributed by atoms with Crippen LogP contribution < -0.4 is 4.90 Å². The topological polar surface area (TPSA) is 34.0 Å². The molecule has 0 amide bonds. The van der Waals surface area contributed by atoms with Crippen LogP contribution in [0.4, 0.5) is 17.1 Å². The minimum atomic E-state index is 0.724. The smallest absolute Gasteiger partial charge is 0.160 e. The van der Waals surface area contributed by atoms with Crippen molar-refractivity contribution >= 4 is 92.1 Å². The Balaban J connectivity index is 1.19. The van der Waals surface area contributed by atoms with Gasteiger partial charge in [-0.25, -0.2) is 9.97 Å². The van der Waals surface area contributed by atoms with Crippen LogP contribution in [-0.2, 0) is 0 Å². The molecule has 0 N–H and O–H groups in total. The fourth-order valence-corrected chi connectivity index (χ4v) is 9.73. The average molecular weight is 693 g/mol. The van der Waals surface area contributed by atoms with Crippen LogP contribution >= 0.6 is 11.3 Å². The van der Waals surface area contributed by atoms with Crippen molar-refractivity contribution < 1.29 is 0 Å². The highest BCUT2D eigenvalue weighted by atomic mass is 32.1. The lowest BCUT2D eigenvalue weighted by Crippen LogP contribution is -2.18. The van der Waals surface area contributed by atoms with Gasteiger partial charge >= 0.3 is 0 Å². The summed E-state index contributed by atoms with van der Waals surface area (Å²) in [6.07, 6.45) is 0. The number of fused-ring (bicyclic) bond motifs is 11. The summed E-state index contributed by atoms with van der Waals surface area (Å²) >= 11 is 1.88. The van der Waals surface area contributed by atoms with Crippen molar-refractivity contribution in [1.29, 1.82) is 0 Å². The minimum absolute atomic E-state index is 0.724. The summed E-state index contributed by atoms with van der Waals surface area (Å²) in [4.78, 5) is 12.7. The van der Waals surface area contributed by atoms with E-state index in [1.165, 1.54) is 64.1 Å². The number of thiophene rings is 1. The molecule has 246 valence electrons. The van der Waals surface area contributed by atoms with Gasteiger partial charge in [-0.2, -0.15) is 0 Å². The van der Waals surface area contributed by atoms with Crippen molar-refractivity contribution in [3.8, 4) is 28.3 Å². The molecule has 4 nitrogen and oxygen atoms in total. The van der Waals surface area contributed by atoms with E-state index in [4.69, 9.17) is 9.97 Å². The molecule has 1 aliphatic rings. The zero-order valence-corrected chi connectivity index (χ0v) is 29.2. The Bertz CT molecular complexity index is 3300. The number of benzene rings is 8. The number of hydrogen-bond donors (Lipinski definition) is 0. The Labute approximate surface area is 308 Å². The Morgan fingerprint density at radius 1 is 0.472 bits per heavy atom. The van der Waals surface area contributed by atoms with Crippen molar-refractivity contribution in [1.82, 2.24) is 14.5 Å². The number of hydrogen-bond acceptors (Lipinski definition) is 4. The van der Waals surface area contributed by atoms with Gasteiger partial charge in [-0.3, -0.25) is 0 Å². The molecule has 0 radical (unpaired) electrons. The van der Waals surface area contributed by atoms with Crippen molar-refractivity contribution in [2.75, 3.05) is 4.90 Å². The zero-order valence-electron chi connectivity index (χ0n) is 28.4. The van der Waals surface area contributed by atoms with E-state index in [9.17, 15) is 0 Å². The van der Waals surface area contributed by atoms with Gasteiger partial charge in [0.2, 0.25) is 0 Å². The third-order valence-electron chi connectivity index (χ3n) is 10.8. The van der Waals surface area contributed by atoms with Crippen molar-refractivity contribution in [3.05, 3.63) is 170 Å². The fourth-order valence-electron chi connectivity index (χ4n) is 8.51. The molecule has 53 heavy (non-hydrogen) atoms. The predicted octanol–water partition coefficient (Wildman–Crippen LogP) is 13.4. The molecule has 0 atom stereocenters. The second kappa shape index (κ2) is 10.8. The van der Waals surface area contributed by atoms with E-state index in [1.54, 1.807) is 0 Å². The van der Waals surface area contributed by atoms with Gasteiger partial charge in [-0.05, 0) is 65.4 Å². The van der Waals surface area contributed by atoms with Gasteiger partial charge in [0.05, 0.1) is 44.0 Å². The maximum Gasteiger partial charge on any atom is 0.160 e. The molecule has 3 aromatic heterocycles. The zero-order chi connectivity index (χ0) is 34.6. The third kappa shape index (κ3) is 4.11. The van der Waals surface area contributed by atoms with Crippen LogP contribution in [0.2, 0.25) is 0 Å². The number of aromatic nitrogens is 3. The summed E-state index contributed by atoms with van der Waals surface area (Å²) in [6, 6.07) is 61.1. The molecule has 0 saturated carbocycles. The van der Waals surface area contributed by atoms with Crippen LogP contribution in [0.3, 0.4) is 0 Å². The second-order valence-electron chi connectivity index (χ2n) is 13.8. The van der Waals surface area contributed by atoms with Gasteiger partial charge in [-0.15, -0.1) is 11.3 Å². The Morgan fingerprint density at radius 2 is 1.19 bits per heavy atom. The summed E-state index contributed by atoms with van der Waals surface area (Å²) in [6.45, 7) is 0. The van der Waals surface area contributed by atoms with E-state index in [0.717, 1.165) is 44.9 Å². The normalized spacial score (nSPS) is 12.5. The van der Waals surface area contributed by atoms with Crippen LogP contribution in [0.1, 0.15) is 0 Å². The molecule has 11 aromatic rings. The maximum atomic E-state index is 5.25. The molecule has 0 saturated heterocycles. The van der Waals surface area contributed by atoms with Crippen LogP contribution in [0.25, 0.3) is 92.0 Å². The van der Waals surface area contributed by atoms with E-state index < -0.39 is 0 Å².